The predicted molar refractivity (Wildman–Crippen MR) is 158 cm³/mol. The fourth-order valence-corrected chi connectivity index (χ4v) is 4.87. The molecule has 0 radical (unpaired) electrons. The minimum atomic E-state index is 1.18. The van der Waals surface area contributed by atoms with E-state index in [4.69, 9.17) is 0 Å². The number of hydrogen-bond acceptors (Lipinski definition) is 0. The Balaban J connectivity index is 1.56. The second-order valence-electron chi connectivity index (χ2n) is 9.07. The Morgan fingerprint density at radius 3 is 1.32 bits per heavy atom. The van der Waals surface area contributed by atoms with Gasteiger partial charge in [-0.25, -0.2) is 0 Å². The van der Waals surface area contributed by atoms with E-state index in [0.29, 0.717) is 0 Å². The highest BCUT2D eigenvalue weighted by molar-refractivity contribution is 6.00. The maximum absolute atomic E-state index is 2.32. The Bertz CT molecular complexity index is 1460. The van der Waals surface area contributed by atoms with Gasteiger partial charge in [-0.1, -0.05) is 140 Å². The van der Waals surface area contributed by atoms with Gasteiger partial charge in [-0.15, -0.1) is 0 Å². The minimum absolute atomic E-state index is 1.18. The Kier molecular flexibility index (Phi) is 6.34. The summed E-state index contributed by atoms with van der Waals surface area (Å²) in [6.45, 7) is 0. The molecule has 0 atom stereocenters. The molecule has 1 heterocycles. The van der Waals surface area contributed by atoms with E-state index in [1.54, 1.807) is 0 Å². The Morgan fingerprint density at radius 1 is 0.432 bits per heavy atom. The fourth-order valence-electron chi connectivity index (χ4n) is 4.87. The van der Waals surface area contributed by atoms with Gasteiger partial charge in [0, 0.05) is 28.9 Å². The van der Waals surface area contributed by atoms with Crippen LogP contribution in [0.4, 0.5) is 0 Å². The fraction of sp³-hybridized carbons (Fsp3) is 0. The molecule has 6 aromatic rings. The van der Waals surface area contributed by atoms with Crippen molar-refractivity contribution in [2.45, 2.75) is 0 Å². The first kappa shape index (κ1) is 22.6. The van der Waals surface area contributed by atoms with Crippen LogP contribution in [0.3, 0.4) is 0 Å². The summed E-state index contributed by atoms with van der Waals surface area (Å²) >= 11 is 0. The van der Waals surface area contributed by atoms with Crippen molar-refractivity contribution in [2.75, 3.05) is 0 Å². The van der Waals surface area contributed by atoms with Crippen LogP contribution in [0.25, 0.3) is 34.3 Å². The first-order valence-electron chi connectivity index (χ1n) is 12.6. The number of hydrogen-bond donors (Lipinski definition) is 0. The summed E-state index contributed by atoms with van der Waals surface area (Å²) in [5, 5.41) is 1.23. The molecular formula is C36H27N. The standard InChI is InChI=1S/C36H27N/c1-5-15-28(16-6-1)34(29-17-7-2-8-18-29)25-32-26-37(36-24-14-13-23-33(32)36)27-35(30-19-9-3-10-20-30)31-21-11-4-12-22-31/h1-27H. The molecule has 37 heavy (non-hydrogen) atoms. The molecule has 0 fully saturated rings. The lowest BCUT2D eigenvalue weighted by Gasteiger charge is -2.10. The third-order valence-electron chi connectivity index (χ3n) is 6.68. The molecule has 0 saturated carbocycles. The van der Waals surface area contributed by atoms with Crippen molar-refractivity contribution in [2.24, 2.45) is 0 Å². The minimum Gasteiger partial charge on any atom is -0.322 e. The molecule has 0 N–H and O–H groups in total. The van der Waals surface area contributed by atoms with E-state index >= 15 is 0 Å². The Morgan fingerprint density at radius 2 is 0.838 bits per heavy atom. The summed E-state index contributed by atoms with van der Waals surface area (Å²) in [5.41, 5.74) is 9.55. The quantitative estimate of drug-likeness (QED) is 0.227. The van der Waals surface area contributed by atoms with Crippen LogP contribution >= 0.6 is 0 Å². The van der Waals surface area contributed by atoms with Crippen LogP contribution in [0.15, 0.2) is 152 Å². The maximum Gasteiger partial charge on any atom is 0.0528 e. The van der Waals surface area contributed by atoms with E-state index < -0.39 is 0 Å². The van der Waals surface area contributed by atoms with Gasteiger partial charge in [-0.3, -0.25) is 0 Å². The summed E-state index contributed by atoms with van der Waals surface area (Å²) in [7, 11) is 0. The summed E-state index contributed by atoms with van der Waals surface area (Å²) in [6, 6.07) is 51.1. The average molecular weight is 474 g/mol. The summed E-state index contributed by atoms with van der Waals surface area (Å²) in [5.74, 6) is 0. The van der Waals surface area contributed by atoms with Gasteiger partial charge < -0.3 is 4.57 Å². The summed E-state index contributed by atoms with van der Waals surface area (Å²) in [6.07, 6.45) is 6.83. The number of para-hydroxylation sites is 1. The zero-order valence-electron chi connectivity index (χ0n) is 20.5. The van der Waals surface area contributed by atoms with E-state index in [9.17, 15) is 0 Å². The molecule has 0 bridgehead atoms. The number of benzene rings is 5. The average Bonchev–Trinajstić information content (AvgIpc) is 3.33. The number of aromatic nitrogens is 1. The zero-order valence-corrected chi connectivity index (χ0v) is 20.5. The van der Waals surface area contributed by atoms with Gasteiger partial charge in [0.25, 0.3) is 0 Å². The molecule has 0 aliphatic carbocycles. The SMILES string of the molecule is C(=C(c1ccccc1)c1ccccc1)c1cn(C=C(c2ccccc2)c2ccccc2)c2ccccc12. The molecule has 1 heteroatoms. The van der Waals surface area contributed by atoms with Gasteiger partial charge >= 0.3 is 0 Å². The third-order valence-corrected chi connectivity index (χ3v) is 6.68. The largest absolute Gasteiger partial charge is 0.322 e. The van der Waals surface area contributed by atoms with Gasteiger partial charge in [0.05, 0.1) is 5.52 Å². The second-order valence-corrected chi connectivity index (χ2v) is 9.07. The van der Waals surface area contributed by atoms with E-state index in [1.165, 1.54) is 49.9 Å². The Labute approximate surface area is 218 Å². The van der Waals surface area contributed by atoms with Crippen molar-refractivity contribution in [3.63, 3.8) is 0 Å². The molecule has 0 aliphatic heterocycles. The van der Waals surface area contributed by atoms with Gasteiger partial charge in [0.2, 0.25) is 0 Å². The molecule has 1 aromatic heterocycles. The Hall–Kier alpha value is -4.88. The van der Waals surface area contributed by atoms with E-state index in [0.717, 1.165) is 0 Å². The first-order chi connectivity index (χ1) is 18.4. The van der Waals surface area contributed by atoms with Crippen molar-refractivity contribution in [1.29, 1.82) is 0 Å². The lowest BCUT2D eigenvalue weighted by atomic mass is 9.96. The molecule has 0 saturated heterocycles. The van der Waals surface area contributed by atoms with E-state index in [-0.39, 0.29) is 0 Å². The van der Waals surface area contributed by atoms with Crippen molar-refractivity contribution in [3.05, 3.63) is 180 Å². The van der Waals surface area contributed by atoms with Crippen LogP contribution in [0.1, 0.15) is 27.8 Å². The molecule has 0 spiro atoms. The van der Waals surface area contributed by atoms with Crippen LogP contribution in [0.5, 0.6) is 0 Å². The lowest BCUT2D eigenvalue weighted by molar-refractivity contribution is 1.22. The van der Waals surface area contributed by atoms with Crippen molar-refractivity contribution >= 4 is 34.3 Å². The van der Waals surface area contributed by atoms with Crippen LogP contribution in [-0.2, 0) is 0 Å². The summed E-state index contributed by atoms with van der Waals surface area (Å²) < 4.78 is 2.27. The molecule has 1 nitrogen and oxygen atoms in total. The summed E-state index contributed by atoms with van der Waals surface area (Å²) in [4.78, 5) is 0. The molecule has 5 aromatic carbocycles. The normalized spacial score (nSPS) is 10.7. The lowest BCUT2D eigenvalue weighted by Crippen LogP contribution is -1.92. The van der Waals surface area contributed by atoms with Gasteiger partial charge in [0.15, 0.2) is 0 Å². The predicted octanol–water partition coefficient (Wildman–Crippen LogP) is 9.28. The molecule has 0 unspecified atom stereocenters. The smallest absolute Gasteiger partial charge is 0.0528 e. The molecule has 0 aliphatic rings. The van der Waals surface area contributed by atoms with Crippen LogP contribution in [0, 0.1) is 0 Å². The van der Waals surface area contributed by atoms with Gasteiger partial charge in [-0.05, 0) is 40.0 Å². The number of fused-ring (bicyclic) bond motifs is 1. The number of rotatable bonds is 6. The van der Waals surface area contributed by atoms with Crippen molar-refractivity contribution in [1.82, 2.24) is 4.57 Å². The van der Waals surface area contributed by atoms with Crippen molar-refractivity contribution < 1.29 is 0 Å². The van der Waals surface area contributed by atoms with Gasteiger partial charge in [-0.2, -0.15) is 0 Å². The molecule has 0 amide bonds. The van der Waals surface area contributed by atoms with Crippen LogP contribution < -0.4 is 0 Å². The van der Waals surface area contributed by atoms with E-state index in [2.05, 4.69) is 169 Å². The molecule has 6 rings (SSSR count). The third kappa shape index (κ3) is 4.80. The second kappa shape index (κ2) is 10.4. The maximum atomic E-state index is 2.32. The van der Waals surface area contributed by atoms with Crippen LogP contribution in [0.2, 0.25) is 0 Å². The first-order valence-corrected chi connectivity index (χ1v) is 12.6. The van der Waals surface area contributed by atoms with Crippen molar-refractivity contribution in [3.8, 4) is 0 Å². The number of nitrogens with zero attached hydrogens (tertiary/aromatic N) is 1. The highest BCUT2D eigenvalue weighted by Gasteiger charge is 2.11. The molecule has 176 valence electrons. The topological polar surface area (TPSA) is 4.93 Å². The molecular weight excluding hydrogens is 446 g/mol. The van der Waals surface area contributed by atoms with Gasteiger partial charge in [0.1, 0.15) is 0 Å². The highest BCUT2D eigenvalue weighted by atomic mass is 14.9. The highest BCUT2D eigenvalue weighted by Crippen LogP contribution is 2.32. The zero-order chi connectivity index (χ0) is 24.9. The van der Waals surface area contributed by atoms with Crippen LogP contribution in [-0.4, -0.2) is 4.57 Å². The monoisotopic (exact) mass is 473 g/mol. The van der Waals surface area contributed by atoms with E-state index in [1.807, 2.05) is 0 Å².